The summed E-state index contributed by atoms with van der Waals surface area (Å²) in [6.07, 6.45) is 0. The molecule has 138 valence electrons. The highest BCUT2D eigenvalue weighted by molar-refractivity contribution is 7.17. The Kier molecular flexibility index (Phi) is 5.94. The van der Waals surface area contributed by atoms with Gasteiger partial charge in [-0.3, -0.25) is 25.2 Å². The van der Waals surface area contributed by atoms with Gasteiger partial charge >= 0.3 is 0 Å². The molecule has 0 fully saturated rings. The summed E-state index contributed by atoms with van der Waals surface area (Å²) in [5.41, 5.74) is 6.62. The highest BCUT2D eigenvalue weighted by Gasteiger charge is 2.17. The third kappa shape index (κ3) is 4.78. The number of nitrogens with zero attached hydrogens (tertiary/aromatic N) is 1. The molecule has 2 heterocycles. The molecule has 0 atom stereocenters. The van der Waals surface area contributed by atoms with E-state index in [1.807, 2.05) is 30.3 Å². The molecule has 2 aromatic heterocycles. The molecular weight excluding hydrogens is 384 g/mol. The minimum atomic E-state index is -0.530. The SMILES string of the molecule is Cc1nc(-c2ccccc2)sc1C(=O)NNC(=O)CNC(=O)c1ccsc1. The molecule has 27 heavy (non-hydrogen) atoms. The monoisotopic (exact) mass is 400 g/mol. The number of rotatable bonds is 5. The second-order valence-corrected chi connectivity index (χ2v) is 7.28. The third-order valence-electron chi connectivity index (χ3n) is 3.53. The third-order valence-corrected chi connectivity index (χ3v) is 5.42. The van der Waals surface area contributed by atoms with Crippen LogP contribution in [0.15, 0.2) is 47.2 Å². The molecule has 3 aromatic rings. The Morgan fingerprint density at radius 2 is 1.81 bits per heavy atom. The number of carbonyl (C=O) groups excluding carboxylic acids is 3. The van der Waals surface area contributed by atoms with Crippen molar-refractivity contribution in [2.75, 3.05) is 6.54 Å². The predicted octanol–water partition coefficient (Wildman–Crippen LogP) is 2.37. The summed E-state index contributed by atoms with van der Waals surface area (Å²) in [5, 5.41) is 6.67. The molecule has 1 aromatic carbocycles. The van der Waals surface area contributed by atoms with Crippen LogP contribution in [0.25, 0.3) is 10.6 Å². The first-order valence-corrected chi connectivity index (χ1v) is 9.73. The van der Waals surface area contributed by atoms with Crippen LogP contribution in [0.4, 0.5) is 0 Å². The average molecular weight is 400 g/mol. The van der Waals surface area contributed by atoms with Crippen molar-refractivity contribution in [2.24, 2.45) is 0 Å². The number of hydrogen-bond acceptors (Lipinski definition) is 6. The van der Waals surface area contributed by atoms with Crippen LogP contribution in [0.1, 0.15) is 25.7 Å². The van der Waals surface area contributed by atoms with E-state index in [2.05, 4.69) is 21.2 Å². The highest BCUT2D eigenvalue weighted by Crippen LogP contribution is 2.27. The van der Waals surface area contributed by atoms with Gasteiger partial charge in [-0.25, -0.2) is 4.98 Å². The van der Waals surface area contributed by atoms with Crippen molar-refractivity contribution in [1.29, 1.82) is 0 Å². The summed E-state index contributed by atoms with van der Waals surface area (Å²) < 4.78 is 0. The number of amides is 3. The molecule has 0 bridgehead atoms. The summed E-state index contributed by atoms with van der Waals surface area (Å²) in [4.78, 5) is 40.7. The number of benzene rings is 1. The molecule has 0 unspecified atom stereocenters. The van der Waals surface area contributed by atoms with Crippen LogP contribution < -0.4 is 16.2 Å². The number of hydrogen-bond donors (Lipinski definition) is 3. The van der Waals surface area contributed by atoms with Gasteiger partial charge in [-0.15, -0.1) is 11.3 Å². The lowest BCUT2D eigenvalue weighted by Gasteiger charge is -2.07. The van der Waals surface area contributed by atoms with E-state index in [1.165, 1.54) is 22.7 Å². The molecule has 3 amide bonds. The van der Waals surface area contributed by atoms with Gasteiger partial charge in [0, 0.05) is 16.5 Å². The first kappa shape index (κ1) is 18.7. The zero-order valence-electron chi connectivity index (χ0n) is 14.3. The minimum absolute atomic E-state index is 0.244. The highest BCUT2D eigenvalue weighted by atomic mass is 32.1. The fourth-order valence-corrected chi connectivity index (χ4v) is 3.80. The van der Waals surface area contributed by atoms with Gasteiger partial charge in [0.25, 0.3) is 17.7 Å². The molecule has 0 aliphatic heterocycles. The molecule has 3 N–H and O–H groups in total. The van der Waals surface area contributed by atoms with Gasteiger partial charge in [0.2, 0.25) is 0 Å². The zero-order valence-corrected chi connectivity index (χ0v) is 15.9. The Labute approximate surface area is 163 Å². The minimum Gasteiger partial charge on any atom is -0.343 e. The quantitative estimate of drug-likeness (QED) is 0.573. The standard InChI is InChI=1S/C18H16N4O3S2/c1-11-15(27-18(20-11)12-5-3-2-4-6-12)17(25)22-21-14(23)9-19-16(24)13-7-8-26-10-13/h2-8,10H,9H2,1H3,(H,19,24)(H,21,23)(H,22,25). The van der Waals surface area contributed by atoms with Crippen LogP contribution in [0, 0.1) is 6.92 Å². The number of thiazole rings is 1. The number of aryl methyl sites for hydroxylation is 1. The van der Waals surface area contributed by atoms with Crippen LogP contribution in [0.2, 0.25) is 0 Å². The molecule has 0 aliphatic rings. The fraction of sp³-hybridized carbons (Fsp3) is 0.111. The molecule has 0 spiro atoms. The van der Waals surface area contributed by atoms with E-state index >= 15 is 0 Å². The van der Waals surface area contributed by atoms with Crippen LogP contribution in [-0.2, 0) is 4.79 Å². The maximum Gasteiger partial charge on any atom is 0.281 e. The van der Waals surface area contributed by atoms with E-state index in [0.717, 1.165) is 10.6 Å². The zero-order chi connectivity index (χ0) is 19.2. The number of carbonyl (C=O) groups is 3. The molecule has 7 nitrogen and oxygen atoms in total. The topological polar surface area (TPSA) is 100 Å². The second-order valence-electron chi connectivity index (χ2n) is 5.50. The van der Waals surface area contributed by atoms with Crippen molar-refractivity contribution in [1.82, 2.24) is 21.2 Å². The summed E-state index contributed by atoms with van der Waals surface area (Å²) in [6.45, 7) is 1.49. The van der Waals surface area contributed by atoms with Crippen molar-refractivity contribution < 1.29 is 14.4 Å². The lowest BCUT2D eigenvalue weighted by molar-refractivity contribution is -0.120. The largest absolute Gasteiger partial charge is 0.343 e. The van der Waals surface area contributed by atoms with Gasteiger partial charge in [0.1, 0.15) is 9.88 Å². The van der Waals surface area contributed by atoms with Crippen molar-refractivity contribution in [3.63, 3.8) is 0 Å². The molecule has 9 heteroatoms. The van der Waals surface area contributed by atoms with E-state index in [0.29, 0.717) is 16.1 Å². The summed E-state index contributed by atoms with van der Waals surface area (Å²) in [7, 11) is 0. The molecule has 0 saturated heterocycles. The summed E-state index contributed by atoms with van der Waals surface area (Å²) in [5.74, 6) is -1.33. The summed E-state index contributed by atoms with van der Waals surface area (Å²) in [6, 6.07) is 11.2. The van der Waals surface area contributed by atoms with Crippen LogP contribution in [-0.4, -0.2) is 29.3 Å². The van der Waals surface area contributed by atoms with Gasteiger partial charge in [0.05, 0.1) is 12.2 Å². The van der Waals surface area contributed by atoms with E-state index in [4.69, 9.17) is 0 Å². The lowest BCUT2D eigenvalue weighted by Crippen LogP contribution is -2.46. The van der Waals surface area contributed by atoms with Gasteiger partial charge in [-0.05, 0) is 18.4 Å². The molecule has 0 radical (unpaired) electrons. The number of nitrogens with one attached hydrogen (secondary N) is 3. The van der Waals surface area contributed by atoms with Crippen molar-refractivity contribution in [3.8, 4) is 10.6 Å². The Balaban J connectivity index is 1.52. The first-order chi connectivity index (χ1) is 13.0. The molecule has 3 rings (SSSR count). The molecular formula is C18H16N4O3S2. The maximum atomic E-state index is 12.3. The molecule has 0 aliphatic carbocycles. The average Bonchev–Trinajstić information content (AvgIpc) is 3.35. The maximum absolute atomic E-state index is 12.3. The fourth-order valence-electron chi connectivity index (χ4n) is 2.20. The van der Waals surface area contributed by atoms with Gasteiger partial charge in [-0.1, -0.05) is 30.3 Å². The van der Waals surface area contributed by atoms with Crippen molar-refractivity contribution in [2.45, 2.75) is 6.92 Å². The van der Waals surface area contributed by atoms with Gasteiger partial charge in [-0.2, -0.15) is 11.3 Å². The smallest absolute Gasteiger partial charge is 0.281 e. The van der Waals surface area contributed by atoms with Crippen LogP contribution in [0.5, 0.6) is 0 Å². The Morgan fingerprint density at radius 1 is 1.04 bits per heavy atom. The molecule has 0 saturated carbocycles. The normalized spacial score (nSPS) is 10.3. The van der Waals surface area contributed by atoms with E-state index in [1.54, 1.807) is 23.8 Å². The van der Waals surface area contributed by atoms with Crippen LogP contribution in [0.3, 0.4) is 0 Å². The Bertz CT molecular complexity index is 952. The Hall–Kier alpha value is -3.04. The number of aromatic nitrogens is 1. The van der Waals surface area contributed by atoms with Gasteiger partial charge < -0.3 is 5.32 Å². The summed E-state index contributed by atoms with van der Waals surface area (Å²) >= 11 is 2.64. The van der Waals surface area contributed by atoms with E-state index < -0.39 is 11.8 Å². The first-order valence-electron chi connectivity index (χ1n) is 7.97. The predicted molar refractivity (Wildman–Crippen MR) is 105 cm³/mol. The van der Waals surface area contributed by atoms with E-state index in [-0.39, 0.29) is 12.5 Å². The van der Waals surface area contributed by atoms with Crippen molar-refractivity contribution in [3.05, 3.63) is 63.3 Å². The Morgan fingerprint density at radius 3 is 2.52 bits per heavy atom. The second kappa shape index (κ2) is 8.56. The van der Waals surface area contributed by atoms with E-state index in [9.17, 15) is 14.4 Å². The van der Waals surface area contributed by atoms with Crippen molar-refractivity contribution >= 4 is 40.4 Å². The number of thiophene rings is 1. The lowest BCUT2D eigenvalue weighted by atomic mass is 10.2. The number of hydrazine groups is 1. The van der Waals surface area contributed by atoms with Gasteiger partial charge in [0.15, 0.2) is 0 Å². The van der Waals surface area contributed by atoms with Crippen LogP contribution >= 0.6 is 22.7 Å².